The summed E-state index contributed by atoms with van der Waals surface area (Å²) in [5.41, 5.74) is 3.62. The standard InChI is InChI=1S/C27H27Cl2N3O2/c28-23-7-4-8-24(29)26(23)31-27(34)32-17-15-21(16-18-32)20-10-12-22(13-11-20)30-25(33)14-9-19-5-2-1-3-6-19/h1-8,10-13,21H,9,14-18H2,(H,30,33)(H,31,34). The van der Waals surface area contributed by atoms with E-state index in [0.29, 0.717) is 41.2 Å². The van der Waals surface area contributed by atoms with Crippen LogP contribution in [0.25, 0.3) is 0 Å². The Labute approximate surface area is 210 Å². The van der Waals surface area contributed by atoms with E-state index in [4.69, 9.17) is 23.2 Å². The number of nitrogens with one attached hydrogen (secondary N) is 2. The zero-order valence-corrected chi connectivity index (χ0v) is 20.3. The molecule has 7 heteroatoms. The van der Waals surface area contributed by atoms with E-state index in [-0.39, 0.29) is 11.9 Å². The van der Waals surface area contributed by atoms with Crippen LogP contribution in [0.3, 0.4) is 0 Å². The summed E-state index contributed by atoms with van der Waals surface area (Å²) in [7, 11) is 0. The zero-order chi connectivity index (χ0) is 23.9. The smallest absolute Gasteiger partial charge is 0.321 e. The predicted molar refractivity (Wildman–Crippen MR) is 139 cm³/mol. The highest BCUT2D eigenvalue weighted by molar-refractivity contribution is 6.39. The number of piperidine rings is 1. The number of carbonyl (C=O) groups excluding carboxylic acids is 2. The lowest BCUT2D eigenvalue weighted by molar-refractivity contribution is -0.116. The number of hydrogen-bond donors (Lipinski definition) is 2. The van der Waals surface area contributed by atoms with Crippen molar-refractivity contribution in [3.8, 4) is 0 Å². The van der Waals surface area contributed by atoms with E-state index in [1.807, 2.05) is 42.5 Å². The number of benzene rings is 3. The van der Waals surface area contributed by atoms with Gasteiger partial charge in [-0.1, -0.05) is 71.7 Å². The molecule has 176 valence electrons. The van der Waals surface area contributed by atoms with Crippen LogP contribution in [-0.2, 0) is 11.2 Å². The molecule has 5 nitrogen and oxygen atoms in total. The molecule has 0 saturated carbocycles. The van der Waals surface area contributed by atoms with Crippen LogP contribution in [0.5, 0.6) is 0 Å². The lowest BCUT2D eigenvalue weighted by Crippen LogP contribution is -2.40. The number of halogens is 2. The van der Waals surface area contributed by atoms with Gasteiger partial charge in [-0.25, -0.2) is 4.79 Å². The third-order valence-electron chi connectivity index (χ3n) is 6.13. The summed E-state index contributed by atoms with van der Waals surface area (Å²) >= 11 is 12.3. The van der Waals surface area contributed by atoms with Crippen molar-refractivity contribution in [2.45, 2.75) is 31.6 Å². The molecule has 1 heterocycles. The van der Waals surface area contributed by atoms with E-state index < -0.39 is 0 Å². The predicted octanol–water partition coefficient (Wildman–Crippen LogP) is 6.98. The van der Waals surface area contributed by atoms with E-state index in [1.54, 1.807) is 23.1 Å². The average molecular weight is 496 g/mol. The number of amides is 3. The Bertz CT molecular complexity index is 1110. The van der Waals surface area contributed by atoms with Crippen LogP contribution in [0.1, 0.15) is 36.3 Å². The second-order valence-corrected chi connectivity index (χ2v) is 9.26. The van der Waals surface area contributed by atoms with Gasteiger partial charge in [-0.2, -0.15) is 0 Å². The topological polar surface area (TPSA) is 61.4 Å². The number of aryl methyl sites for hydroxylation is 1. The number of hydrogen-bond acceptors (Lipinski definition) is 2. The number of likely N-dealkylation sites (tertiary alicyclic amines) is 1. The van der Waals surface area contributed by atoms with E-state index in [0.717, 1.165) is 30.5 Å². The maximum atomic E-state index is 12.7. The van der Waals surface area contributed by atoms with Crippen molar-refractivity contribution in [3.63, 3.8) is 0 Å². The molecule has 1 fully saturated rings. The number of rotatable bonds is 6. The van der Waals surface area contributed by atoms with Crippen LogP contribution in [-0.4, -0.2) is 29.9 Å². The highest BCUT2D eigenvalue weighted by Crippen LogP contribution is 2.32. The molecule has 0 bridgehead atoms. The maximum Gasteiger partial charge on any atom is 0.321 e. The van der Waals surface area contributed by atoms with Crippen molar-refractivity contribution in [1.82, 2.24) is 4.90 Å². The van der Waals surface area contributed by atoms with Crippen molar-refractivity contribution in [1.29, 1.82) is 0 Å². The summed E-state index contributed by atoms with van der Waals surface area (Å²) in [6, 6.07) is 23.0. The van der Waals surface area contributed by atoms with Gasteiger partial charge in [0.05, 0.1) is 15.7 Å². The molecule has 0 radical (unpaired) electrons. The third kappa shape index (κ3) is 6.31. The molecular weight excluding hydrogens is 469 g/mol. The summed E-state index contributed by atoms with van der Waals surface area (Å²) in [4.78, 5) is 26.7. The number of nitrogens with zero attached hydrogens (tertiary/aromatic N) is 1. The summed E-state index contributed by atoms with van der Waals surface area (Å²) in [5.74, 6) is 0.380. The number of para-hydroxylation sites is 1. The molecule has 0 unspecified atom stereocenters. The fourth-order valence-corrected chi connectivity index (χ4v) is 4.68. The van der Waals surface area contributed by atoms with Gasteiger partial charge < -0.3 is 15.5 Å². The van der Waals surface area contributed by atoms with Gasteiger partial charge in [-0.05, 0) is 60.6 Å². The van der Waals surface area contributed by atoms with Crippen molar-refractivity contribution >= 4 is 46.5 Å². The third-order valence-corrected chi connectivity index (χ3v) is 6.76. The zero-order valence-electron chi connectivity index (χ0n) is 18.8. The van der Waals surface area contributed by atoms with Crippen LogP contribution >= 0.6 is 23.2 Å². The highest BCUT2D eigenvalue weighted by Gasteiger charge is 2.24. The van der Waals surface area contributed by atoms with Gasteiger partial charge in [0.1, 0.15) is 0 Å². The minimum absolute atomic E-state index is 0.00884. The molecule has 34 heavy (non-hydrogen) atoms. The van der Waals surface area contributed by atoms with Crippen molar-refractivity contribution in [2.75, 3.05) is 23.7 Å². The van der Waals surface area contributed by atoms with Crippen molar-refractivity contribution < 1.29 is 9.59 Å². The molecule has 3 aromatic rings. The van der Waals surface area contributed by atoms with Gasteiger partial charge in [-0.15, -0.1) is 0 Å². The SMILES string of the molecule is O=C(CCc1ccccc1)Nc1ccc(C2CCN(C(=O)Nc3c(Cl)cccc3Cl)CC2)cc1. The monoisotopic (exact) mass is 495 g/mol. The minimum atomic E-state index is -0.193. The summed E-state index contributed by atoms with van der Waals surface area (Å²) in [6.45, 7) is 1.30. The van der Waals surface area contributed by atoms with E-state index in [1.165, 1.54) is 5.56 Å². The summed E-state index contributed by atoms with van der Waals surface area (Å²) < 4.78 is 0. The molecule has 2 N–H and O–H groups in total. The average Bonchev–Trinajstić information content (AvgIpc) is 2.86. The van der Waals surface area contributed by atoms with Crippen LogP contribution in [0.4, 0.5) is 16.2 Å². The first-order chi connectivity index (χ1) is 16.5. The fraction of sp³-hybridized carbons (Fsp3) is 0.259. The van der Waals surface area contributed by atoms with E-state index in [9.17, 15) is 9.59 Å². The molecule has 0 atom stereocenters. The number of urea groups is 1. The molecule has 0 aromatic heterocycles. The van der Waals surface area contributed by atoms with Crippen LogP contribution in [0, 0.1) is 0 Å². The Morgan fingerprint density at radius 1 is 0.824 bits per heavy atom. The van der Waals surface area contributed by atoms with E-state index in [2.05, 4.69) is 22.8 Å². The van der Waals surface area contributed by atoms with Gasteiger partial charge >= 0.3 is 6.03 Å². The molecule has 1 saturated heterocycles. The first-order valence-electron chi connectivity index (χ1n) is 11.4. The fourth-order valence-electron chi connectivity index (χ4n) is 4.18. The van der Waals surface area contributed by atoms with Gasteiger partial charge in [0.15, 0.2) is 0 Å². The highest BCUT2D eigenvalue weighted by atomic mass is 35.5. The minimum Gasteiger partial charge on any atom is -0.326 e. The Morgan fingerprint density at radius 3 is 2.12 bits per heavy atom. The largest absolute Gasteiger partial charge is 0.326 e. The second-order valence-electron chi connectivity index (χ2n) is 8.44. The Hall–Kier alpha value is -3.02. The van der Waals surface area contributed by atoms with Crippen molar-refractivity contribution in [2.24, 2.45) is 0 Å². The molecule has 0 aliphatic carbocycles. The van der Waals surface area contributed by atoms with Gasteiger partial charge in [0, 0.05) is 25.2 Å². The van der Waals surface area contributed by atoms with Gasteiger partial charge in [0.25, 0.3) is 0 Å². The molecular formula is C27H27Cl2N3O2. The normalized spacial score (nSPS) is 14.0. The lowest BCUT2D eigenvalue weighted by Gasteiger charge is -2.32. The Kier molecular flexibility index (Phi) is 8.09. The molecule has 3 amide bonds. The summed E-state index contributed by atoms with van der Waals surface area (Å²) in [6.07, 6.45) is 2.91. The number of carbonyl (C=O) groups is 2. The second kappa shape index (κ2) is 11.4. The first kappa shape index (κ1) is 24.1. The molecule has 0 spiro atoms. The summed E-state index contributed by atoms with van der Waals surface area (Å²) in [5, 5.41) is 6.65. The van der Waals surface area contributed by atoms with Crippen molar-refractivity contribution in [3.05, 3.63) is 94.0 Å². The lowest BCUT2D eigenvalue weighted by atomic mass is 9.89. The van der Waals surface area contributed by atoms with Crippen LogP contribution < -0.4 is 10.6 Å². The molecule has 1 aliphatic heterocycles. The number of anilines is 2. The van der Waals surface area contributed by atoms with Gasteiger partial charge in [-0.3, -0.25) is 4.79 Å². The van der Waals surface area contributed by atoms with Crippen LogP contribution in [0.15, 0.2) is 72.8 Å². The first-order valence-corrected chi connectivity index (χ1v) is 12.2. The molecule has 4 rings (SSSR count). The maximum absolute atomic E-state index is 12.7. The quantitative estimate of drug-likeness (QED) is 0.387. The van der Waals surface area contributed by atoms with Crippen LogP contribution in [0.2, 0.25) is 10.0 Å². The Morgan fingerprint density at radius 2 is 1.47 bits per heavy atom. The van der Waals surface area contributed by atoms with Gasteiger partial charge in [0.2, 0.25) is 5.91 Å². The molecule has 1 aliphatic rings. The Balaban J connectivity index is 1.25. The van der Waals surface area contributed by atoms with E-state index >= 15 is 0 Å². The molecule has 3 aromatic carbocycles.